The van der Waals surface area contributed by atoms with Gasteiger partial charge in [0.25, 0.3) is 5.56 Å². The Morgan fingerprint density at radius 3 is 2.64 bits per heavy atom. The first-order chi connectivity index (χ1) is 10.3. The number of amides is 1. The third-order valence-electron chi connectivity index (χ3n) is 2.80. The van der Waals surface area contributed by atoms with Crippen molar-refractivity contribution in [2.75, 3.05) is 5.32 Å². The van der Waals surface area contributed by atoms with Gasteiger partial charge >= 0.3 is 6.18 Å². The Morgan fingerprint density at radius 2 is 2.00 bits per heavy atom. The number of aryl methyl sites for hydroxylation is 1. The van der Waals surface area contributed by atoms with Crippen molar-refractivity contribution in [2.24, 2.45) is 0 Å². The second kappa shape index (κ2) is 6.00. The van der Waals surface area contributed by atoms with Gasteiger partial charge in [-0.05, 0) is 31.2 Å². The molecule has 0 aromatic carbocycles. The van der Waals surface area contributed by atoms with Gasteiger partial charge in [-0.1, -0.05) is 6.07 Å². The number of aromatic nitrogens is 2. The second-order valence-corrected chi connectivity index (χ2v) is 4.57. The molecule has 8 heteroatoms. The third-order valence-corrected chi connectivity index (χ3v) is 2.80. The van der Waals surface area contributed by atoms with Crippen LogP contribution in [0.3, 0.4) is 0 Å². The topological polar surface area (TPSA) is 64.0 Å². The Labute approximate surface area is 123 Å². The van der Waals surface area contributed by atoms with Crippen molar-refractivity contribution in [3.8, 4) is 0 Å². The summed E-state index contributed by atoms with van der Waals surface area (Å²) in [5.74, 6) is -0.371. The summed E-state index contributed by atoms with van der Waals surface area (Å²) in [6.45, 7) is 1.20. The second-order valence-electron chi connectivity index (χ2n) is 4.57. The molecule has 2 heterocycles. The number of halogens is 3. The molecule has 0 unspecified atom stereocenters. The van der Waals surface area contributed by atoms with Crippen molar-refractivity contribution in [1.82, 2.24) is 9.55 Å². The van der Waals surface area contributed by atoms with Crippen molar-refractivity contribution in [2.45, 2.75) is 19.6 Å². The van der Waals surface area contributed by atoms with Crippen LogP contribution in [-0.4, -0.2) is 15.5 Å². The van der Waals surface area contributed by atoms with Crippen LogP contribution in [0.5, 0.6) is 0 Å². The number of carbonyl (C=O) groups excluding carboxylic acids is 1. The number of pyridine rings is 2. The Balaban J connectivity index is 2.17. The molecule has 2 aromatic heterocycles. The lowest BCUT2D eigenvalue weighted by Gasteiger charge is -2.10. The van der Waals surface area contributed by atoms with Crippen LogP contribution >= 0.6 is 0 Å². The van der Waals surface area contributed by atoms with Crippen molar-refractivity contribution in [3.63, 3.8) is 0 Å². The molecular formula is C14H12F3N3O2. The zero-order valence-corrected chi connectivity index (χ0v) is 11.5. The Morgan fingerprint density at radius 1 is 1.27 bits per heavy atom. The van der Waals surface area contributed by atoms with Gasteiger partial charge in [-0.3, -0.25) is 9.59 Å². The fraction of sp³-hybridized carbons (Fsp3) is 0.214. The lowest BCUT2D eigenvalue weighted by Crippen LogP contribution is -2.32. The van der Waals surface area contributed by atoms with E-state index in [4.69, 9.17) is 0 Å². The minimum Gasteiger partial charge on any atom is -0.309 e. The third kappa shape index (κ3) is 3.72. The quantitative estimate of drug-likeness (QED) is 0.945. The summed E-state index contributed by atoms with van der Waals surface area (Å²) < 4.78 is 38.6. The highest BCUT2D eigenvalue weighted by Crippen LogP contribution is 2.25. The van der Waals surface area contributed by atoms with Gasteiger partial charge < -0.3 is 9.88 Å². The molecule has 0 radical (unpaired) electrons. The summed E-state index contributed by atoms with van der Waals surface area (Å²) in [5, 5.41) is 2.43. The molecule has 0 atom stereocenters. The predicted octanol–water partition coefficient (Wildman–Crippen LogP) is 2.21. The number of nitrogens with one attached hydrogen (secondary N) is 1. The molecule has 116 valence electrons. The number of carbonyl (C=O) groups is 1. The lowest BCUT2D eigenvalue weighted by atomic mass is 10.2. The van der Waals surface area contributed by atoms with Crippen molar-refractivity contribution in [3.05, 3.63) is 58.1 Å². The highest BCUT2D eigenvalue weighted by atomic mass is 19.4. The number of rotatable bonds is 3. The van der Waals surface area contributed by atoms with Gasteiger partial charge in [-0.15, -0.1) is 0 Å². The van der Waals surface area contributed by atoms with E-state index >= 15 is 0 Å². The highest BCUT2D eigenvalue weighted by molar-refractivity contribution is 5.89. The molecule has 0 bridgehead atoms. The molecule has 0 aliphatic rings. The van der Waals surface area contributed by atoms with Gasteiger partial charge in [0.2, 0.25) is 5.91 Å². The number of alkyl halides is 3. The van der Waals surface area contributed by atoms with Crippen molar-refractivity contribution >= 4 is 11.7 Å². The zero-order chi connectivity index (χ0) is 16.3. The summed E-state index contributed by atoms with van der Waals surface area (Å²) in [5.41, 5.74) is -1.90. The molecule has 2 rings (SSSR count). The Kier molecular flexibility index (Phi) is 4.30. The van der Waals surface area contributed by atoms with Crippen LogP contribution in [-0.2, 0) is 17.5 Å². The standard InChI is InChI=1S/C14H12F3N3O2/c1-9-4-2-6-11(18-9)19-12(21)8-20-7-3-5-10(13(20)22)14(15,16)17/h2-7H,8H2,1H3,(H,18,19,21). The number of anilines is 1. The van der Waals surface area contributed by atoms with E-state index in [0.717, 1.165) is 12.3 Å². The van der Waals surface area contributed by atoms with E-state index in [2.05, 4.69) is 10.3 Å². The molecule has 5 nitrogen and oxygen atoms in total. The molecule has 1 N–H and O–H groups in total. The molecule has 2 aromatic rings. The molecular weight excluding hydrogens is 299 g/mol. The zero-order valence-electron chi connectivity index (χ0n) is 11.5. The molecule has 0 saturated heterocycles. The van der Waals surface area contributed by atoms with Gasteiger partial charge in [0.05, 0.1) is 0 Å². The Hall–Kier alpha value is -2.64. The van der Waals surface area contributed by atoms with Crippen LogP contribution in [0.1, 0.15) is 11.3 Å². The minimum atomic E-state index is -4.76. The number of hydrogen-bond acceptors (Lipinski definition) is 3. The van der Waals surface area contributed by atoms with Crippen LogP contribution in [0.2, 0.25) is 0 Å². The molecule has 0 fully saturated rings. The van der Waals surface area contributed by atoms with E-state index in [-0.39, 0.29) is 5.82 Å². The van der Waals surface area contributed by atoms with Gasteiger partial charge in [-0.25, -0.2) is 4.98 Å². The maximum Gasteiger partial charge on any atom is 0.421 e. The monoisotopic (exact) mass is 311 g/mol. The first-order valence-electron chi connectivity index (χ1n) is 6.27. The van der Waals surface area contributed by atoms with Gasteiger partial charge in [0.1, 0.15) is 17.9 Å². The van der Waals surface area contributed by atoms with Crippen molar-refractivity contribution in [1.29, 1.82) is 0 Å². The summed E-state index contributed by atoms with van der Waals surface area (Å²) in [7, 11) is 0. The molecule has 0 aliphatic carbocycles. The fourth-order valence-corrected chi connectivity index (χ4v) is 1.83. The highest BCUT2D eigenvalue weighted by Gasteiger charge is 2.34. The van der Waals surface area contributed by atoms with E-state index in [9.17, 15) is 22.8 Å². The van der Waals surface area contributed by atoms with E-state index in [0.29, 0.717) is 16.3 Å². The van der Waals surface area contributed by atoms with Crippen LogP contribution in [0, 0.1) is 6.92 Å². The summed E-state index contributed by atoms with van der Waals surface area (Å²) in [6.07, 6.45) is -3.63. The van der Waals surface area contributed by atoms with Crippen LogP contribution in [0.25, 0.3) is 0 Å². The van der Waals surface area contributed by atoms with Crippen LogP contribution in [0.4, 0.5) is 19.0 Å². The van der Waals surface area contributed by atoms with Gasteiger partial charge in [-0.2, -0.15) is 13.2 Å². The largest absolute Gasteiger partial charge is 0.421 e. The van der Waals surface area contributed by atoms with Gasteiger partial charge in [0, 0.05) is 11.9 Å². The van der Waals surface area contributed by atoms with Gasteiger partial charge in [0.15, 0.2) is 0 Å². The smallest absolute Gasteiger partial charge is 0.309 e. The van der Waals surface area contributed by atoms with Crippen LogP contribution < -0.4 is 10.9 Å². The SMILES string of the molecule is Cc1cccc(NC(=O)Cn2cccc(C(F)(F)F)c2=O)n1. The Bertz CT molecular complexity index is 753. The van der Waals surface area contributed by atoms with E-state index in [1.54, 1.807) is 25.1 Å². The first kappa shape index (κ1) is 15.7. The number of hydrogen-bond donors (Lipinski definition) is 1. The molecule has 0 aliphatic heterocycles. The van der Waals surface area contributed by atoms with Crippen molar-refractivity contribution < 1.29 is 18.0 Å². The molecule has 22 heavy (non-hydrogen) atoms. The molecule has 0 spiro atoms. The summed E-state index contributed by atoms with van der Waals surface area (Å²) in [6, 6.07) is 6.70. The first-order valence-corrected chi connectivity index (χ1v) is 6.27. The van der Waals surface area contributed by atoms with E-state index in [1.165, 1.54) is 0 Å². The average molecular weight is 311 g/mol. The number of nitrogens with zero attached hydrogens (tertiary/aromatic N) is 2. The fourth-order valence-electron chi connectivity index (χ4n) is 1.83. The summed E-state index contributed by atoms with van der Waals surface area (Å²) in [4.78, 5) is 27.6. The minimum absolute atomic E-state index is 0.269. The maximum atomic E-state index is 12.6. The maximum absolute atomic E-state index is 12.6. The normalized spacial score (nSPS) is 11.3. The predicted molar refractivity (Wildman–Crippen MR) is 73.3 cm³/mol. The van der Waals surface area contributed by atoms with Crippen LogP contribution in [0.15, 0.2) is 41.3 Å². The van der Waals surface area contributed by atoms with E-state index in [1.807, 2.05) is 0 Å². The molecule has 0 saturated carbocycles. The average Bonchev–Trinajstić information content (AvgIpc) is 2.39. The summed E-state index contributed by atoms with van der Waals surface area (Å²) >= 11 is 0. The van der Waals surface area contributed by atoms with E-state index < -0.39 is 29.8 Å². The molecule has 1 amide bonds. The lowest BCUT2D eigenvalue weighted by molar-refractivity contribution is -0.139.